The molecule has 2 aromatic rings. The second-order valence-electron chi connectivity index (χ2n) is 18.7. The van der Waals surface area contributed by atoms with E-state index >= 15 is 0 Å². The van der Waals surface area contributed by atoms with Crippen LogP contribution in [0.4, 0.5) is 0 Å². The number of hydrogen-bond acceptors (Lipinski definition) is 4. The van der Waals surface area contributed by atoms with Crippen LogP contribution in [0.15, 0.2) is 24.3 Å². The number of hydrogen-bond donors (Lipinski definition) is 4. The Bertz CT molecular complexity index is 1600. The summed E-state index contributed by atoms with van der Waals surface area (Å²) in [6.45, 7) is 12.6. The Balaban J connectivity index is 1.13. The van der Waals surface area contributed by atoms with Crippen LogP contribution < -0.4 is 0 Å². The normalized spacial score (nSPS) is 31.6. The molecule has 0 radical (unpaired) electrons. The number of halogens is 2. The van der Waals surface area contributed by atoms with Crippen LogP contribution in [0.1, 0.15) is 169 Å². The first-order chi connectivity index (χ1) is 25.0. The zero-order chi connectivity index (χ0) is 38.4. The number of fused-ring (bicyclic) bond motifs is 5. The highest BCUT2D eigenvalue weighted by Crippen LogP contribution is 2.69. The summed E-state index contributed by atoms with van der Waals surface area (Å²) < 4.78 is 0. The molecule has 0 amide bonds. The van der Waals surface area contributed by atoms with E-state index in [-0.39, 0.29) is 21.2 Å². The zero-order valence-electron chi connectivity index (χ0n) is 32.5. The van der Waals surface area contributed by atoms with Gasteiger partial charge in [-0.1, -0.05) is 89.9 Å². The van der Waals surface area contributed by atoms with Crippen molar-refractivity contribution in [2.24, 2.45) is 58.2 Å². The van der Waals surface area contributed by atoms with Gasteiger partial charge in [-0.3, -0.25) is 0 Å². The van der Waals surface area contributed by atoms with Crippen LogP contribution in [-0.2, 0) is 0 Å². The Morgan fingerprint density at radius 3 is 1.91 bits per heavy atom. The molecule has 53 heavy (non-hydrogen) atoms. The lowest BCUT2D eigenvalue weighted by molar-refractivity contribution is -0.121. The topological polar surface area (TPSA) is 115 Å². The monoisotopic (exact) mass is 768 g/mol. The molecule has 0 aliphatic heterocycles. The SMILES string of the molecule is CC(C)CCCC(C)C1CCC2[C@@H]3CCC4C[C@@H](CCCC(c5cc(Cl)c(O)c(C(=O)O)c5)c5cc(Cl)c(O)c(C(=O)O)c5)CC[C@]4(C)C3CC[C@]12C. The molecule has 8 heteroatoms. The van der Waals surface area contributed by atoms with Gasteiger partial charge in [-0.15, -0.1) is 0 Å². The first kappa shape index (κ1) is 40.2. The Morgan fingerprint density at radius 1 is 0.736 bits per heavy atom. The van der Waals surface area contributed by atoms with Crippen LogP contribution in [0.25, 0.3) is 0 Å². The second-order valence-corrected chi connectivity index (χ2v) is 19.5. The number of carboxylic acids is 2. The molecule has 6 nitrogen and oxygen atoms in total. The molecule has 0 aromatic heterocycles. The quantitative estimate of drug-likeness (QED) is 0.161. The van der Waals surface area contributed by atoms with Gasteiger partial charge in [0.05, 0.1) is 10.0 Å². The van der Waals surface area contributed by atoms with Crippen LogP contribution in [-0.4, -0.2) is 32.4 Å². The first-order valence-corrected chi connectivity index (χ1v) is 21.3. The molecule has 4 saturated carbocycles. The van der Waals surface area contributed by atoms with E-state index in [0.717, 1.165) is 54.3 Å². The van der Waals surface area contributed by atoms with E-state index < -0.39 is 29.4 Å². The van der Waals surface area contributed by atoms with Gasteiger partial charge in [0.1, 0.15) is 22.6 Å². The molecule has 9 atom stereocenters. The minimum atomic E-state index is -1.30. The van der Waals surface area contributed by atoms with Crippen molar-refractivity contribution in [3.63, 3.8) is 0 Å². The van der Waals surface area contributed by atoms with Crippen molar-refractivity contribution in [3.05, 3.63) is 56.6 Å². The second kappa shape index (κ2) is 16.0. The van der Waals surface area contributed by atoms with Crippen molar-refractivity contribution < 1.29 is 30.0 Å². The average Bonchev–Trinajstić information content (AvgIpc) is 3.46. The summed E-state index contributed by atoms with van der Waals surface area (Å²) in [5.41, 5.74) is 1.42. The number of benzene rings is 2. The molecule has 292 valence electrons. The van der Waals surface area contributed by atoms with Gasteiger partial charge in [0.2, 0.25) is 0 Å². The molecule has 5 unspecified atom stereocenters. The van der Waals surface area contributed by atoms with Gasteiger partial charge in [0, 0.05) is 5.92 Å². The average molecular weight is 770 g/mol. The van der Waals surface area contributed by atoms with Crippen LogP contribution >= 0.6 is 23.2 Å². The van der Waals surface area contributed by atoms with Crippen LogP contribution in [0.3, 0.4) is 0 Å². The van der Waals surface area contributed by atoms with Crippen LogP contribution in [0.2, 0.25) is 10.0 Å². The van der Waals surface area contributed by atoms with E-state index in [2.05, 4.69) is 34.6 Å². The minimum absolute atomic E-state index is 0.0808. The fraction of sp³-hybridized carbons (Fsp3) is 0.689. The Hall–Kier alpha value is -2.44. The molecule has 4 aliphatic carbocycles. The van der Waals surface area contributed by atoms with Gasteiger partial charge in [-0.25, -0.2) is 9.59 Å². The summed E-state index contributed by atoms with van der Waals surface area (Å²) in [6.07, 6.45) is 18.8. The van der Waals surface area contributed by atoms with Crippen molar-refractivity contribution in [2.75, 3.05) is 0 Å². The predicted octanol–water partition coefficient (Wildman–Crippen LogP) is 12.8. The van der Waals surface area contributed by atoms with Crippen LogP contribution in [0, 0.1) is 58.2 Å². The van der Waals surface area contributed by atoms with Crippen molar-refractivity contribution in [1.29, 1.82) is 0 Å². The summed E-state index contributed by atoms with van der Waals surface area (Å²) in [6, 6.07) is 5.92. The number of aromatic hydroxyl groups is 2. The van der Waals surface area contributed by atoms with Gasteiger partial charge in [0.15, 0.2) is 0 Å². The number of aromatic carboxylic acids is 2. The summed E-state index contributed by atoms with van der Waals surface area (Å²) in [7, 11) is 0. The van der Waals surface area contributed by atoms with E-state index in [1.807, 2.05) is 0 Å². The molecule has 4 fully saturated rings. The lowest BCUT2D eigenvalue weighted by Crippen LogP contribution is -2.53. The first-order valence-electron chi connectivity index (χ1n) is 20.6. The van der Waals surface area contributed by atoms with Crippen molar-refractivity contribution in [3.8, 4) is 11.5 Å². The van der Waals surface area contributed by atoms with Gasteiger partial charge in [0.25, 0.3) is 0 Å². The minimum Gasteiger partial charge on any atom is -0.505 e. The van der Waals surface area contributed by atoms with Gasteiger partial charge >= 0.3 is 11.9 Å². The van der Waals surface area contributed by atoms with Crippen LogP contribution in [0.5, 0.6) is 11.5 Å². The third-order valence-corrected chi connectivity index (χ3v) is 16.1. The fourth-order valence-corrected chi connectivity index (χ4v) is 13.2. The highest BCUT2D eigenvalue weighted by Gasteiger charge is 2.60. The lowest BCUT2D eigenvalue weighted by Gasteiger charge is -2.61. The summed E-state index contributed by atoms with van der Waals surface area (Å²) in [5, 5.41) is 40.1. The van der Waals surface area contributed by atoms with E-state index in [9.17, 15) is 30.0 Å². The highest BCUT2D eigenvalue weighted by molar-refractivity contribution is 6.33. The van der Waals surface area contributed by atoms with E-state index in [1.165, 1.54) is 89.2 Å². The number of phenols is 2. The Kier molecular flexibility index (Phi) is 12.1. The van der Waals surface area contributed by atoms with Gasteiger partial charge in [-0.05, 0) is 158 Å². The number of carbonyl (C=O) groups is 2. The molecular weight excluding hydrogens is 707 g/mol. The fourth-order valence-electron chi connectivity index (χ4n) is 12.7. The summed E-state index contributed by atoms with van der Waals surface area (Å²) in [4.78, 5) is 24.0. The van der Waals surface area contributed by atoms with E-state index in [0.29, 0.717) is 34.3 Å². The largest absolute Gasteiger partial charge is 0.505 e. The molecule has 0 bridgehead atoms. The molecule has 0 saturated heterocycles. The van der Waals surface area contributed by atoms with E-state index in [1.54, 1.807) is 12.1 Å². The molecule has 0 heterocycles. The standard InChI is InChI=1S/C45H62Cl2O6/c1-25(2)8-6-9-26(3)35-14-15-36-32-13-12-30-20-27(16-18-44(30,4)37(32)17-19-45(35,36)5)10-7-11-31(28-21-33(42(50)51)40(48)38(46)23-28)29-22-34(43(52)53)41(49)39(47)24-29/h21-27,30-32,35-37,48-49H,6-20H2,1-5H3,(H,50,51)(H,52,53)/t26?,27-,30?,32-,35?,36?,37?,44-,45+/m0/s1. The maximum absolute atomic E-state index is 12.0. The summed E-state index contributed by atoms with van der Waals surface area (Å²) in [5.74, 6) is 2.42. The third-order valence-electron chi connectivity index (χ3n) is 15.5. The summed E-state index contributed by atoms with van der Waals surface area (Å²) >= 11 is 12.7. The van der Waals surface area contributed by atoms with E-state index in [4.69, 9.17) is 23.2 Å². The molecule has 0 spiro atoms. The lowest BCUT2D eigenvalue weighted by atomic mass is 9.44. The van der Waals surface area contributed by atoms with Gasteiger partial charge in [-0.2, -0.15) is 0 Å². The molecule has 6 rings (SSSR count). The number of rotatable bonds is 13. The van der Waals surface area contributed by atoms with Gasteiger partial charge < -0.3 is 20.4 Å². The van der Waals surface area contributed by atoms with Crippen molar-refractivity contribution in [1.82, 2.24) is 0 Å². The Labute approximate surface area is 327 Å². The molecule has 4 aliphatic rings. The maximum Gasteiger partial charge on any atom is 0.339 e. The zero-order valence-corrected chi connectivity index (χ0v) is 34.0. The predicted molar refractivity (Wildman–Crippen MR) is 212 cm³/mol. The third kappa shape index (κ3) is 7.84. The smallest absolute Gasteiger partial charge is 0.339 e. The molecule has 2 aromatic carbocycles. The van der Waals surface area contributed by atoms with Crippen molar-refractivity contribution in [2.45, 2.75) is 137 Å². The molecule has 4 N–H and O–H groups in total. The maximum atomic E-state index is 12.0. The number of carboxylic acid groups (broad SMARTS) is 2. The molecular formula is C45H62Cl2O6. The highest BCUT2D eigenvalue weighted by atomic mass is 35.5. The van der Waals surface area contributed by atoms with Crippen molar-refractivity contribution >= 4 is 35.1 Å². The Morgan fingerprint density at radius 2 is 1.32 bits per heavy atom.